The summed E-state index contributed by atoms with van der Waals surface area (Å²) in [7, 11) is 0. The number of ether oxygens (including phenoxy) is 1. The minimum Gasteiger partial charge on any atom is -0.450 e. The fourth-order valence-corrected chi connectivity index (χ4v) is 5.15. The van der Waals surface area contributed by atoms with Gasteiger partial charge in [-0.25, -0.2) is 4.79 Å². The quantitative estimate of drug-likeness (QED) is 0.816. The van der Waals surface area contributed by atoms with Crippen molar-refractivity contribution in [3.8, 4) is 6.07 Å². The zero-order valence-electron chi connectivity index (χ0n) is 16.6. The lowest BCUT2D eigenvalue weighted by atomic mass is 9.89. The molecule has 1 fully saturated rings. The first-order valence-corrected chi connectivity index (χ1v) is 10.8. The average molecular weight is 405 g/mol. The van der Waals surface area contributed by atoms with Gasteiger partial charge in [-0.15, -0.1) is 11.3 Å². The van der Waals surface area contributed by atoms with E-state index in [0.717, 1.165) is 37.9 Å². The van der Waals surface area contributed by atoms with Crippen molar-refractivity contribution in [2.45, 2.75) is 39.5 Å². The molecule has 1 aromatic heterocycles. The maximum absolute atomic E-state index is 12.4. The minimum atomic E-state index is -0.264. The summed E-state index contributed by atoms with van der Waals surface area (Å²) in [6.07, 6.45) is 3.14. The van der Waals surface area contributed by atoms with Crippen LogP contribution in [-0.4, -0.2) is 61.1 Å². The standard InChI is InChI=1S/C20H28N4O3S/c1-3-27-20(26)24-10-8-23(9-11-24)7-6-18(25)22-19-16(13-21)15-5-4-14(2)12-17(15)28-19/h14H,3-12H2,1-2H3,(H,22,25). The van der Waals surface area contributed by atoms with Crippen molar-refractivity contribution < 1.29 is 14.3 Å². The number of anilines is 1. The molecule has 2 heterocycles. The summed E-state index contributed by atoms with van der Waals surface area (Å²) in [6.45, 7) is 7.77. The van der Waals surface area contributed by atoms with E-state index in [1.165, 1.54) is 4.88 Å². The number of thiophene rings is 1. The molecule has 8 heteroatoms. The topological polar surface area (TPSA) is 85.7 Å². The summed E-state index contributed by atoms with van der Waals surface area (Å²) in [4.78, 5) is 29.3. The molecule has 1 aliphatic carbocycles. The summed E-state index contributed by atoms with van der Waals surface area (Å²) >= 11 is 1.56. The third-order valence-corrected chi connectivity index (χ3v) is 6.60. The Balaban J connectivity index is 1.48. The summed E-state index contributed by atoms with van der Waals surface area (Å²) in [5.74, 6) is 0.575. The van der Waals surface area contributed by atoms with Gasteiger partial charge in [0.05, 0.1) is 12.2 Å². The monoisotopic (exact) mass is 404 g/mol. The predicted molar refractivity (Wildman–Crippen MR) is 109 cm³/mol. The van der Waals surface area contributed by atoms with Crippen LogP contribution in [0.15, 0.2) is 0 Å². The van der Waals surface area contributed by atoms with Gasteiger partial charge in [-0.3, -0.25) is 9.69 Å². The van der Waals surface area contributed by atoms with Gasteiger partial charge in [-0.2, -0.15) is 5.26 Å². The Bertz CT molecular complexity index is 762. The van der Waals surface area contributed by atoms with Gasteiger partial charge >= 0.3 is 6.09 Å². The smallest absolute Gasteiger partial charge is 0.409 e. The number of carbonyl (C=O) groups is 2. The molecule has 1 aliphatic heterocycles. The molecule has 0 saturated carbocycles. The largest absolute Gasteiger partial charge is 0.450 e. The Morgan fingerprint density at radius 2 is 2.07 bits per heavy atom. The fraction of sp³-hybridized carbons (Fsp3) is 0.650. The first-order valence-electron chi connectivity index (χ1n) is 10.00. The molecule has 0 aromatic carbocycles. The second kappa shape index (κ2) is 9.39. The second-order valence-corrected chi connectivity index (χ2v) is 8.60. The van der Waals surface area contributed by atoms with Crippen molar-refractivity contribution in [2.75, 3.05) is 44.6 Å². The van der Waals surface area contributed by atoms with Crippen LogP contribution in [0.5, 0.6) is 0 Å². The van der Waals surface area contributed by atoms with Gasteiger partial charge in [-0.1, -0.05) is 6.92 Å². The second-order valence-electron chi connectivity index (χ2n) is 7.49. The number of nitriles is 1. The van der Waals surface area contributed by atoms with E-state index in [1.54, 1.807) is 23.2 Å². The number of amides is 2. The molecule has 2 aliphatic rings. The van der Waals surface area contributed by atoms with Crippen molar-refractivity contribution >= 4 is 28.3 Å². The number of carbonyl (C=O) groups excluding carboxylic acids is 2. The van der Waals surface area contributed by atoms with E-state index in [2.05, 4.69) is 23.2 Å². The van der Waals surface area contributed by atoms with E-state index in [0.29, 0.717) is 49.1 Å². The van der Waals surface area contributed by atoms with Gasteiger partial charge in [0.25, 0.3) is 0 Å². The van der Waals surface area contributed by atoms with Crippen LogP contribution in [0.25, 0.3) is 0 Å². The summed E-state index contributed by atoms with van der Waals surface area (Å²) in [5.41, 5.74) is 1.79. The van der Waals surface area contributed by atoms with E-state index in [9.17, 15) is 14.9 Å². The van der Waals surface area contributed by atoms with Gasteiger partial charge in [-0.05, 0) is 37.7 Å². The molecular weight excluding hydrogens is 376 g/mol. The molecule has 28 heavy (non-hydrogen) atoms. The van der Waals surface area contributed by atoms with Crippen LogP contribution < -0.4 is 5.32 Å². The highest BCUT2D eigenvalue weighted by Gasteiger charge is 2.25. The molecule has 1 atom stereocenters. The number of hydrogen-bond acceptors (Lipinski definition) is 6. The van der Waals surface area contributed by atoms with Crippen molar-refractivity contribution in [1.82, 2.24) is 9.80 Å². The summed E-state index contributed by atoms with van der Waals surface area (Å²) in [6, 6.07) is 2.29. The van der Waals surface area contributed by atoms with Crippen molar-refractivity contribution in [1.29, 1.82) is 5.26 Å². The van der Waals surface area contributed by atoms with E-state index in [-0.39, 0.29) is 12.0 Å². The molecule has 3 rings (SSSR count). The van der Waals surface area contributed by atoms with Crippen LogP contribution in [0.2, 0.25) is 0 Å². The highest BCUT2D eigenvalue weighted by molar-refractivity contribution is 7.16. The Morgan fingerprint density at radius 3 is 2.75 bits per heavy atom. The molecule has 0 bridgehead atoms. The zero-order chi connectivity index (χ0) is 20.1. The number of piperazine rings is 1. The Kier molecular flexibility index (Phi) is 6.92. The Hall–Kier alpha value is -2.11. The van der Waals surface area contributed by atoms with Crippen LogP contribution in [0.3, 0.4) is 0 Å². The number of hydrogen-bond donors (Lipinski definition) is 1. The number of fused-ring (bicyclic) bond motifs is 1. The van der Waals surface area contributed by atoms with E-state index in [1.807, 2.05) is 0 Å². The highest BCUT2D eigenvalue weighted by Crippen LogP contribution is 2.39. The number of rotatable bonds is 5. The summed E-state index contributed by atoms with van der Waals surface area (Å²) in [5, 5.41) is 13.2. The van der Waals surface area contributed by atoms with Crippen LogP contribution in [0.4, 0.5) is 9.80 Å². The lowest BCUT2D eigenvalue weighted by Gasteiger charge is -2.33. The highest BCUT2D eigenvalue weighted by atomic mass is 32.1. The first kappa shape index (κ1) is 20.6. The van der Waals surface area contributed by atoms with Crippen LogP contribution in [-0.2, 0) is 22.4 Å². The molecule has 0 spiro atoms. The van der Waals surface area contributed by atoms with Crippen LogP contribution >= 0.6 is 11.3 Å². The van der Waals surface area contributed by atoms with E-state index < -0.39 is 0 Å². The molecule has 1 saturated heterocycles. The van der Waals surface area contributed by atoms with Crippen LogP contribution in [0.1, 0.15) is 42.7 Å². The van der Waals surface area contributed by atoms with Crippen molar-refractivity contribution in [3.05, 3.63) is 16.0 Å². The maximum atomic E-state index is 12.4. The van der Waals surface area contributed by atoms with Crippen molar-refractivity contribution in [2.24, 2.45) is 5.92 Å². The third-order valence-electron chi connectivity index (χ3n) is 5.43. The van der Waals surface area contributed by atoms with Gasteiger partial charge in [0.2, 0.25) is 5.91 Å². The molecule has 0 radical (unpaired) electrons. The SMILES string of the molecule is CCOC(=O)N1CCN(CCC(=O)Nc2sc3c(c2C#N)CCC(C)C3)CC1. The lowest BCUT2D eigenvalue weighted by Crippen LogP contribution is -2.49. The normalized spacial score (nSPS) is 19.6. The van der Waals surface area contributed by atoms with Gasteiger partial charge in [0.1, 0.15) is 11.1 Å². The molecular formula is C20H28N4O3S. The maximum Gasteiger partial charge on any atom is 0.409 e. The fourth-order valence-electron chi connectivity index (χ4n) is 3.77. The van der Waals surface area contributed by atoms with Gasteiger partial charge < -0.3 is 15.0 Å². The minimum absolute atomic E-state index is 0.0593. The number of nitrogens with one attached hydrogen (secondary N) is 1. The molecule has 2 amide bonds. The average Bonchev–Trinajstić information content (AvgIpc) is 3.02. The molecule has 1 N–H and O–H groups in total. The Morgan fingerprint density at radius 1 is 1.32 bits per heavy atom. The van der Waals surface area contributed by atoms with E-state index in [4.69, 9.17) is 4.74 Å². The van der Waals surface area contributed by atoms with Crippen LogP contribution in [0, 0.1) is 17.2 Å². The molecule has 1 aromatic rings. The number of nitrogens with zero attached hydrogens (tertiary/aromatic N) is 3. The zero-order valence-corrected chi connectivity index (χ0v) is 17.4. The van der Waals surface area contributed by atoms with Crippen molar-refractivity contribution in [3.63, 3.8) is 0 Å². The molecule has 1 unspecified atom stereocenters. The lowest BCUT2D eigenvalue weighted by molar-refractivity contribution is -0.116. The van der Waals surface area contributed by atoms with E-state index >= 15 is 0 Å². The Labute approximate surface area is 170 Å². The summed E-state index contributed by atoms with van der Waals surface area (Å²) < 4.78 is 5.02. The van der Waals surface area contributed by atoms with Gasteiger partial charge in [0.15, 0.2) is 0 Å². The van der Waals surface area contributed by atoms with Gasteiger partial charge in [0, 0.05) is 44.0 Å². The first-order chi connectivity index (χ1) is 13.5. The molecule has 7 nitrogen and oxygen atoms in total. The predicted octanol–water partition coefficient (Wildman–Crippen LogP) is 2.85. The molecule has 152 valence electrons. The third kappa shape index (κ3) is 4.83.